The number of rotatable bonds is 4. The first-order chi connectivity index (χ1) is 24.8. The molecular weight excluding hydrogens is 601 g/mol. The van der Waals surface area contributed by atoms with E-state index in [1.165, 1.54) is 89.1 Å². The molecule has 0 fully saturated rings. The van der Waals surface area contributed by atoms with Gasteiger partial charge in [-0.25, -0.2) is 0 Å². The van der Waals surface area contributed by atoms with Gasteiger partial charge in [0.05, 0.1) is 11.4 Å². The van der Waals surface area contributed by atoms with Crippen LogP contribution in [0.1, 0.15) is 22.3 Å². The Morgan fingerprint density at radius 1 is 0.420 bits per heavy atom. The number of allylic oxidation sites excluding steroid dienone is 9. The van der Waals surface area contributed by atoms with Crippen LogP contribution in [0.25, 0.3) is 44.5 Å². The number of nitrogens with zero attached hydrogens (tertiary/aromatic N) is 1. The number of hydrogen-bond donors (Lipinski definition) is 0. The Balaban J connectivity index is 1.30. The molecule has 0 aliphatic carbocycles. The van der Waals surface area contributed by atoms with Crippen molar-refractivity contribution in [3.05, 3.63) is 228 Å². The lowest BCUT2D eigenvalue weighted by Crippen LogP contribution is -2.40. The third-order valence-corrected chi connectivity index (χ3v) is 10.5. The summed E-state index contributed by atoms with van der Waals surface area (Å²) in [6.45, 7) is 0.137. The molecule has 0 bridgehead atoms. The van der Waals surface area contributed by atoms with Gasteiger partial charge in [0, 0.05) is 17.3 Å². The van der Waals surface area contributed by atoms with Crippen LogP contribution in [0.15, 0.2) is 205 Å². The molecule has 0 radical (unpaired) electrons. The highest BCUT2D eigenvalue weighted by Crippen LogP contribution is 2.52. The Morgan fingerprint density at radius 3 is 1.58 bits per heavy atom. The Bertz CT molecular complexity index is 2320. The fourth-order valence-electron chi connectivity index (χ4n) is 8.08. The van der Waals surface area contributed by atoms with Crippen LogP contribution < -0.4 is 10.4 Å². The summed E-state index contributed by atoms with van der Waals surface area (Å²) >= 11 is 0. The maximum absolute atomic E-state index is 2.46. The summed E-state index contributed by atoms with van der Waals surface area (Å²) in [5.41, 5.74) is 20.1. The van der Waals surface area contributed by atoms with Crippen LogP contribution in [0.4, 0.5) is 5.69 Å². The Hall–Kier alpha value is -6.38. The van der Waals surface area contributed by atoms with Gasteiger partial charge < -0.3 is 4.90 Å². The van der Waals surface area contributed by atoms with E-state index < -0.39 is 0 Å². The van der Waals surface area contributed by atoms with Crippen molar-refractivity contribution < 1.29 is 0 Å². The summed E-state index contributed by atoms with van der Waals surface area (Å²) in [5.74, 6) is 2.42. The van der Waals surface area contributed by atoms with Gasteiger partial charge >= 0.3 is 0 Å². The summed E-state index contributed by atoms with van der Waals surface area (Å²) in [6.07, 6.45) is 11.7. The van der Waals surface area contributed by atoms with Gasteiger partial charge in [-0.3, -0.25) is 0 Å². The van der Waals surface area contributed by atoms with E-state index in [1.54, 1.807) is 0 Å². The van der Waals surface area contributed by atoms with Crippen molar-refractivity contribution in [2.24, 2.45) is 0 Å². The van der Waals surface area contributed by atoms with Crippen LogP contribution in [0, 0.1) is 0 Å². The summed E-state index contributed by atoms with van der Waals surface area (Å²) in [5, 5.41) is 0. The second kappa shape index (κ2) is 11.6. The molecule has 0 aromatic heterocycles. The van der Waals surface area contributed by atoms with Crippen LogP contribution in [0.3, 0.4) is 0 Å². The van der Waals surface area contributed by atoms with Gasteiger partial charge in [-0.05, 0) is 86.0 Å². The maximum Gasteiger partial charge on any atom is 0.235 e. The van der Waals surface area contributed by atoms with Crippen LogP contribution in [0.5, 0.6) is 0 Å². The van der Waals surface area contributed by atoms with Crippen LogP contribution in [-0.2, 0) is 0 Å². The Kier molecular flexibility index (Phi) is 6.67. The third-order valence-electron chi connectivity index (χ3n) is 10.5. The van der Waals surface area contributed by atoms with Crippen LogP contribution in [-0.4, -0.2) is 6.71 Å². The highest BCUT2D eigenvalue weighted by Gasteiger charge is 2.40. The highest BCUT2D eigenvalue weighted by molar-refractivity contribution is 6.88. The normalized spacial score (nSPS) is 15.4. The second-order valence-corrected chi connectivity index (χ2v) is 13.3. The average molecular weight is 634 g/mol. The molecule has 0 saturated carbocycles. The number of hydrogen-bond acceptors (Lipinski definition) is 1. The molecule has 6 aromatic carbocycles. The maximum atomic E-state index is 2.46. The summed E-state index contributed by atoms with van der Waals surface area (Å²) < 4.78 is 0. The average Bonchev–Trinajstić information content (AvgIpc) is 3.21. The molecule has 0 amide bonds. The standard InChI is InChI=1S/C48H32BN/c1-5-13-33(14-6-1)37-21-23-43-41(29-37)48-46-32-40(36-19-11-4-12-20-36)26-28-50(46)45-24-22-38(34-15-7-2-8-16-34)30-42(45)47(48)44-31-39(25-27-49(43)44)35-17-9-3-10-18-35/h1-32H. The van der Waals surface area contributed by atoms with Crippen LogP contribution >= 0.6 is 0 Å². The molecule has 232 valence electrons. The molecular formula is C48H32BN. The summed E-state index contributed by atoms with van der Waals surface area (Å²) in [4.78, 5) is 2.41. The molecule has 0 spiro atoms. The quantitative estimate of drug-likeness (QED) is 0.175. The Labute approximate surface area is 294 Å². The molecule has 0 N–H and O–H groups in total. The second-order valence-electron chi connectivity index (χ2n) is 13.3. The van der Waals surface area contributed by atoms with Gasteiger partial charge in [-0.2, -0.15) is 0 Å². The largest absolute Gasteiger partial charge is 0.316 e. The van der Waals surface area contributed by atoms with Crippen LogP contribution in [0.2, 0.25) is 0 Å². The first kappa shape index (κ1) is 28.6. The lowest BCUT2D eigenvalue weighted by molar-refractivity contribution is 1.17. The van der Waals surface area contributed by atoms with E-state index in [-0.39, 0.29) is 6.71 Å². The minimum atomic E-state index is 0.137. The SMILES string of the molecule is C1=CC(c2ccccc2)=CC2=C3C(=C4C=C(c5ccccc5)C=CN4c4ccc(-c5ccccc5)cc43)c3cc(-c4ccccc4)ccc3B12. The first-order valence-electron chi connectivity index (χ1n) is 17.4. The zero-order valence-corrected chi connectivity index (χ0v) is 27.5. The van der Waals surface area contributed by atoms with Gasteiger partial charge in [-0.1, -0.05) is 163 Å². The molecule has 50 heavy (non-hydrogen) atoms. The zero-order valence-electron chi connectivity index (χ0n) is 27.5. The minimum Gasteiger partial charge on any atom is -0.316 e. The number of fused-ring (bicyclic) bond motifs is 9. The minimum absolute atomic E-state index is 0.137. The van der Waals surface area contributed by atoms with E-state index in [4.69, 9.17) is 0 Å². The molecule has 2 heteroatoms. The highest BCUT2D eigenvalue weighted by atomic mass is 15.1. The predicted molar refractivity (Wildman–Crippen MR) is 213 cm³/mol. The van der Waals surface area contributed by atoms with Crippen molar-refractivity contribution in [2.75, 3.05) is 4.90 Å². The van der Waals surface area contributed by atoms with Crippen molar-refractivity contribution in [3.63, 3.8) is 0 Å². The van der Waals surface area contributed by atoms with E-state index >= 15 is 0 Å². The smallest absolute Gasteiger partial charge is 0.235 e. The van der Waals surface area contributed by atoms with E-state index in [2.05, 4.69) is 199 Å². The monoisotopic (exact) mass is 633 g/mol. The molecule has 0 unspecified atom stereocenters. The van der Waals surface area contributed by atoms with E-state index in [0.717, 1.165) is 0 Å². The number of benzene rings is 6. The molecule has 0 saturated heterocycles. The molecule has 4 aliphatic rings. The van der Waals surface area contributed by atoms with Crippen molar-refractivity contribution in [3.8, 4) is 22.3 Å². The van der Waals surface area contributed by atoms with Gasteiger partial charge in [0.15, 0.2) is 0 Å². The van der Waals surface area contributed by atoms with Gasteiger partial charge in [0.1, 0.15) is 0 Å². The van der Waals surface area contributed by atoms with Gasteiger partial charge in [0.2, 0.25) is 6.71 Å². The van der Waals surface area contributed by atoms with Gasteiger partial charge in [-0.15, -0.1) is 5.98 Å². The third kappa shape index (κ3) is 4.64. The lowest BCUT2D eigenvalue weighted by atomic mass is 9.34. The predicted octanol–water partition coefficient (Wildman–Crippen LogP) is 11.1. The van der Waals surface area contributed by atoms with E-state index in [9.17, 15) is 0 Å². The first-order valence-corrected chi connectivity index (χ1v) is 17.4. The molecule has 1 nitrogen and oxygen atoms in total. The van der Waals surface area contributed by atoms with Crippen molar-refractivity contribution >= 4 is 40.2 Å². The number of anilines is 1. The van der Waals surface area contributed by atoms with E-state index in [0.29, 0.717) is 0 Å². The molecule has 6 aromatic rings. The fraction of sp³-hybridized carbons (Fsp3) is 0. The summed E-state index contributed by atoms with van der Waals surface area (Å²) in [6, 6.07) is 57.2. The summed E-state index contributed by atoms with van der Waals surface area (Å²) in [7, 11) is 0. The lowest BCUT2D eigenvalue weighted by Gasteiger charge is -2.41. The Morgan fingerprint density at radius 2 is 0.960 bits per heavy atom. The fourth-order valence-corrected chi connectivity index (χ4v) is 8.08. The van der Waals surface area contributed by atoms with Gasteiger partial charge in [0.25, 0.3) is 0 Å². The van der Waals surface area contributed by atoms with Crippen molar-refractivity contribution in [2.45, 2.75) is 0 Å². The topological polar surface area (TPSA) is 3.24 Å². The molecule has 4 aliphatic heterocycles. The molecule has 4 heterocycles. The molecule has 10 rings (SSSR count). The zero-order chi connectivity index (χ0) is 33.0. The molecule has 0 atom stereocenters. The van der Waals surface area contributed by atoms with E-state index in [1.807, 2.05) is 0 Å². The van der Waals surface area contributed by atoms with Crippen molar-refractivity contribution in [1.29, 1.82) is 0 Å². The van der Waals surface area contributed by atoms with Crippen molar-refractivity contribution in [1.82, 2.24) is 0 Å².